The van der Waals surface area contributed by atoms with Crippen LogP contribution in [0.15, 0.2) is 4.47 Å². The van der Waals surface area contributed by atoms with E-state index in [2.05, 4.69) is 38.6 Å². The van der Waals surface area contributed by atoms with Crippen molar-refractivity contribution in [1.29, 1.82) is 0 Å². The Balaban J connectivity index is 2.35. The highest BCUT2D eigenvalue weighted by atomic mass is 79.9. The lowest BCUT2D eigenvalue weighted by Crippen LogP contribution is -2.28. The highest BCUT2D eigenvalue weighted by Gasteiger charge is 2.11. The van der Waals surface area contributed by atoms with Crippen molar-refractivity contribution in [2.45, 2.75) is 46.7 Å². The van der Waals surface area contributed by atoms with Crippen molar-refractivity contribution in [2.24, 2.45) is 0 Å². The fraction of sp³-hybridized carbons (Fsp3) is 0.692. The van der Waals surface area contributed by atoms with Crippen LogP contribution in [0.5, 0.6) is 0 Å². The second-order valence-corrected chi connectivity index (χ2v) is 5.23. The maximum Gasteiger partial charge on any atom is 0.221 e. The first-order chi connectivity index (χ1) is 9.10. The number of aromatic nitrogens is 2. The van der Waals surface area contributed by atoms with Gasteiger partial charge in [-0.1, -0.05) is 6.92 Å². The Kier molecular flexibility index (Phi) is 7.09. The quantitative estimate of drug-likeness (QED) is 0.716. The zero-order valence-corrected chi connectivity index (χ0v) is 13.5. The normalized spacial score (nSPS) is 10.7. The van der Waals surface area contributed by atoms with E-state index in [0.29, 0.717) is 13.0 Å². The largest absolute Gasteiger partial charge is 0.356 e. The van der Waals surface area contributed by atoms with Crippen molar-refractivity contribution in [3.05, 3.63) is 15.9 Å². The first-order valence-corrected chi connectivity index (χ1v) is 7.58. The summed E-state index contributed by atoms with van der Waals surface area (Å²) in [4.78, 5) is 11.4. The van der Waals surface area contributed by atoms with Crippen LogP contribution in [0.2, 0.25) is 0 Å². The molecule has 108 valence electrons. The van der Waals surface area contributed by atoms with Crippen molar-refractivity contribution >= 4 is 21.8 Å². The molecule has 0 unspecified atom stereocenters. The van der Waals surface area contributed by atoms with Gasteiger partial charge in [-0.25, -0.2) is 0 Å². The number of rotatable bonds is 8. The van der Waals surface area contributed by atoms with E-state index in [1.54, 1.807) is 0 Å². The van der Waals surface area contributed by atoms with E-state index in [0.717, 1.165) is 41.9 Å². The molecule has 1 heterocycles. The average molecular weight is 331 g/mol. The van der Waals surface area contributed by atoms with E-state index >= 15 is 0 Å². The van der Waals surface area contributed by atoms with E-state index < -0.39 is 0 Å². The van der Waals surface area contributed by atoms with Crippen LogP contribution in [-0.4, -0.2) is 28.8 Å². The second kappa shape index (κ2) is 8.32. The number of nitrogens with zero attached hydrogens (tertiary/aromatic N) is 2. The van der Waals surface area contributed by atoms with E-state index in [4.69, 9.17) is 0 Å². The Labute approximate surface area is 123 Å². The van der Waals surface area contributed by atoms with Gasteiger partial charge in [0.25, 0.3) is 0 Å². The fourth-order valence-corrected chi connectivity index (χ4v) is 2.22. The summed E-state index contributed by atoms with van der Waals surface area (Å²) in [6.07, 6.45) is 1.48. The monoisotopic (exact) mass is 330 g/mol. The maximum absolute atomic E-state index is 11.4. The average Bonchev–Trinajstić information content (AvgIpc) is 2.68. The number of carbonyl (C=O) groups is 1. The lowest BCUT2D eigenvalue weighted by molar-refractivity contribution is -0.120. The Hall–Kier alpha value is -0.880. The Morgan fingerprint density at radius 1 is 1.37 bits per heavy atom. The predicted molar refractivity (Wildman–Crippen MR) is 80.0 cm³/mol. The van der Waals surface area contributed by atoms with Crippen molar-refractivity contribution < 1.29 is 4.79 Å². The van der Waals surface area contributed by atoms with Gasteiger partial charge in [0.15, 0.2) is 0 Å². The third-order valence-electron chi connectivity index (χ3n) is 2.85. The number of aryl methyl sites for hydroxylation is 2. The number of hydrogen-bond donors (Lipinski definition) is 2. The van der Waals surface area contributed by atoms with Crippen LogP contribution >= 0.6 is 15.9 Å². The molecule has 0 aromatic carbocycles. The minimum absolute atomic E-state index is 0.105. The van der Waals surface area contributed by atoms with Crippen LogP contribution in [0.3, 0.4) is 0 Å². The first-order valence-electron chi connectivity index (χ1n) is 6.79. The van der Waals surface area contributed by atoms with E-state index in [1.807, 2.05) is 18.5 Å². The van der Waals surface area contributed by atoms with Gasteiger partial charge >= 0.3 is 0 Å². The summed E-state index contributed by atoms with van der Waals surface area (Å²) in [6, 6.07) is 0. The molecular formula is C13H23BrN4O. The summed E-state index contributed by atoms with van der Waals surface area (Å²) in [5.41, 5.74) is 2.13. The molecule has 0 aliphatic carbocycles. The molecule has 1 aromatic heterocycles. The third kappa shape index (κ3) is 4.95. The summed E-state index contributed by atoms with van der Waals surface area (Å²) in [7, 11) is 0. The molecule has 0 fully saturated rings. The van der Waals surface area contributed by atoms with Gasteiger partial charge in [-0.15, -0.1) is 0 Å². The zero-order valence-electron chi connectivity index (χ0n) is 11.9. The third-order valence-corrected chi connectivity index (χ3v) is 3.88. The van der Waals surface area contributed by atoms with E-state index in [1.165, 1.54) is 0 Å². The predicted octanol–water partition coefficient (Wildman–Crippen LogP) is 1.98. The molecule has 0 radical (unpaired) electrons. The van der Waals surface area contributed by atoms with Crippen molar-refractivity contribution in [1.82, 2.24) is 20.4 Å². The number of halogens is 1. The molecule has 1 amide bonds. The summed E-state index contributed by atoms with van der Waals surface area (Å²) < 4.78 is 3.03. The molecule has 0 saturated heterocycles. The summed E-state index contributed by atoms with van der Waals surface area (Å²) in [5.74, 6) is 0.105. The summed E-state index contributed by atoms with van der Waals surface area (Å²) >= 11 is 3.55. The molecule has 0 aliphatic rings. The van der Waals surface area contributed by atoms with Gasteiger partial charge < -0.3 is 10.6 Å². The molecule has 19 heavy (non-hydrogen) atoms. The molecule has 0 aliphatic heterocycles. The molecule has 0 spiro atoms. The van der Waals surface area contributed by atoms with Crippen molar-refractivity contribution in [3.63, 3.8) is 0 Å². The molecule has 6 heteroatoms. The molecule has 0 bridgehead atoms. The number of amides is 1. The van der Waals surface area contributed by atoms with Gasteiger partial charge in [-0.2, -0.15) is 5.10 Å². The van der Waals surface area contributed by atoms with Crippen LogP contribution in [0, 0.1) is 6.92 Å². The van der Waals surface area contributed by atoms with Gasteiger partial charge in [0.05, 0.1) is 15.9 Å². The van der Waals surface area contributed by atoms with Gasteiger partial charge in [0, 0.05) is 32.6 Å². The maximum atomic E-state index is 11.4. The van der Waals surface area contributed by atoms with Crippen LogP contribution in [0.25, 0.3) is 0 Å². The molecule has 1 aromatic rings. The number of nitrogens with one attached hydrogen (secondary N) is 2. The highest BCUT2D eigenvalue weighted by molar-refractivity contribution is 9.10. The minimum atomic E-state index is 0.105. The molecule has 0 atom stereocenters. The standard InChI is InChI=1S/C13H23BrN4O/c1-4-7-16-12(19)6-8-15-9-11-13(14)10(3)17-18(11)5-2/h15H,4-9H2,1-3H3,(H,16,19). The van der Waals surface area contributed by atoms with E-state index in [-0.39, 0.29) is 5.91 Å². The highest BCUT2D eigenvalue weighted by Crippen LogP contribution is 2.20. The van der Waals surface area contributed by atoms with Crippen molar-refractivity contribution in [3.8, 4) is 0 Å². The topological polar surface area (TPSA) is 59.0 Å². The van der Waals surface area contributed by atoms with Crippen LogP contribution < -0.4 is 10.6 Å². The lowest BCUT2D eigenvalue weighted by Gasteiger charge is -2.08. The van der Waals surface area contributed by atoms with Crippen LogP contribution in [0.4, 0.5) is 0 Å². The van der Waals surface area contributed by atoms with Gasteiger partial charge in [-0.05, 0) is 36.2 Å². The van der Waals surface area contributed by atoms with Crippen LogP contribution in [0.1, 0.15) is 38.1 Å². The van der Waals surface area contributed by atoms with E-state index in [9.17, 15) is 4.79 Å². The minimum Gasteiger partial charge on any atom is -0.356 e. The lowest BCUT2D eigenvalue weighted by atomic mass is 10.3. The SMILES string of the molecule is CCCNC(=O)CCNCc1c(Br)c(C)nn1CC. The Morgan fingerprint density at radius 3 is 2.74 bits per heavy atom. The smallest absolute Gasteiger partial charge is 0.221 e. The number of hydrogen-bond acceptors (Lipinski definition) is 3. The molecule has 2 N–H and O–H groups in total. The fourth-order valence-electron chi connectivity index (χ4n) is 1.80. The van der Waals surface area contributed by atoms with Gasteiger partial charge in [0.2, 0.25) is 5.91 Å². The van der Waals surface area contributed by atoms with Gasteiger partial charge in [0.1, 0.15) is 0 Å². The molecular weight excluding hydrogens is 308 g/mol. The molecule has 5 nitrogen and oxygen atoms in total. The zero-order chi connectivity index (χ0) is 14.3. The Morgan fingerprint density at radius 2 is 2.11 bits per heavy atom. The molecule has 0 saturated carbocycles. The summed E-state index contributed by atoms with van der Waals surface area (Å²) in [5, 5.41) is 10.6. The first kappa shape index (κ1) is 16.2. The van der Waals surface area contributed by atoms with Crippen molar-refractivity contribution in [2.75, 3.05) is 13.1 Å². The second-order valence-electron chi connectivity index (χ2n) is 4.44. The summed E-state index contributed by atoms with van der Waals surface area (Å²) in [6.45, 7) is 9.10. The van der Waals surface area contributed by atoms with Gasteiger partial charge in [-0.3, -0.25) is 9.48 Å². The number of carbonyl (C=O) groups excluding carboxylic acids is 1. The Bertz CT molecular complexity index is 417. The molecule has 1 rings (SSSR count). The van der Waals surface area contributed by atoms with Crippen LogP contribution in [-0.2, 0) is 17.9 Å².